The number of benzene rings is 2. The van der Waals surface area contributed by atoms with Crippen LogP contribution in [-0.2, 0) is 0 Å². The lowest BCUT2D eigenvalue weighted by Gasteiger charge is -2.38. The minimum Gasteiger partial charge on any atom is -0.497 e. The van der Waals surface area contributed by atoms with Crippen LogP contribution in [0.2, 0.25) is 0 Å². The summed E-state index contributed by atoms with van der Waals surface area (Å²) < 4.78 is 20.1. The number of hydrogen-bond donors (Lipinski definition) is 1. The van der Waals surface area contributed by atoms with Crippen molar-refractivity contribution in [3.8, 4) is 5.75 Å². The summed E-state index contributed by atoms with van der Waals surface area (Å²) in [7, 11) is 1.70. The van der Waals surface area contributed by atoms with Gasteiger partial charge >= 0.3 is 0 Å². The maximum atomic E-state index is 14.7. The Morgan fingerprint density at radius 2 is 1.75 bits per heavy atom. The third-order valence-electron chi connectivity index (χ3n) is 7.40. The highest BCUT2D eigenvalue weighted by atomic mass is 19.1. The van der Waals surface area contributed by atoms with Gasteiger partial charge in [0.2, 0.25) is 0 Å². The molecule has 1 N–H and O–H groups in total. The van der Waals surface area contributed by atoms with Gasteiger partial charge in [0, 0.05) is 43.9 Å². The summed E-state index contributed by atoms with van der Waals surface area (Å²) in [6.45, 7) is 4.75. The van der Waals surface area contributed by atoms with E-state index in [-0.39, 0.29) is 11.7 Å². The van der Waals surface area contributed by atoms with Gasteiger partial charge in [0.1, 0.15) is 11.6 Å². The molecule has 0 aromatic heterocycles. The lowest BCUT2D eigenvalue weighted by Crippen LogP contribution is -2.47. The Bertz CT molecular complexity index is 847. The van der Waals surface area contributed by atoms with E-state index in [4.69, 9.17) is 4.74 Å². The van der Waals surface area contributed by atoms with Crippen LogP contribution in [0.5, 0.6) is 5.75 Å². The van der Waals surface area contributed by atoms with Crippen molar-refractivity contribution in [1.29, 1.82) is 0 Å². The highest BCUT2D eigenvalue weighted by Gasteiger charge is 2.32. The predicted molar refractivity (Wildman–Crippen MR) is 128 cm³/mol. The van der Waals surface area contributed by atoms with Gasteiger partial charge in [0.05, 0.1) is 13.2 Å². The summed E-state index contributed by atoms with van der Waals surface area (Å²) in [5.74, 6) is 0.846. The zero-order valence-electron chi connectivity index (χ0n) is 19.3. The number of aliphatic hydroxyl groups excluding tert-OH is 1. The molecule has 0 bridgehead atoms. The predicted octanol–water partition coefficient (Wildman–Crippen LogP) is 5.07. The fourth-order valence-corrected chi connectivity index (χ4v) is 5.45. The lowest BCUT2D eigenvalue weighted by molar-refractivity contribution is 0.0525. The van der Waals surface area contributed by atoms with E-state index in [0.717, 1.165) is 57.7 Å². The number of ether oxygens (including phenoxy) is 1. The minimum atomic E-state index is -0.467. The molecular formula is C27H37FN2O2. The number of rotatable bonds is 8. The second-order valence-corrected chi connectivity index (χ2v) is 9.34. The smallest absolute Gasteiger partial charge is 0.126 e. The van der Waals surface area contributed by atoms with Gasteiger partial charge < -0.3 is 14.7 Å². The van der Waals surface area contributed by atoms with Gasteiger partial charge in [-0.2, -0.15) is 0 Å². The van der Waals surface area contributed by atoms with Gasteiger partial charge in [-0.05, 0) is 55.5 Å². The second kappa shape index (κ2) is 11.2. The van der Waals surface area contributed by atoms with Crippen LogP contribution in [0.25, 0.3) is 0 Å². The fourth-order valence-electron chi connectivity index (χ4n) is 5.45. The Kier molecular flexibility index (Phi) is 8.04. The summed E-state index contributed by atoms with van der Waals surface area (Å²) in [4.78, 5) is 4.85. The molecule has 1 aliphatic heterocycles. The molecule has 5 heteroatoms. The summed E-state index contributed by atoms with van der Waals surface area (Å²) in [5, 5.41) is 11.3. The average molecular weight is 441 g/mol. The fraction of sp³-hybridized carbons (Fsp3) is 0.556. The molecule has 2 aromatic carbocycles. The molecule has 0 radical (unpaired) electrons. The van der Waals surface area contributed by atoms with E-state index in [0.29, 0.717) is 11.5 Å². The van der Waals surface area contributed by atoms with Crippen LogP contribution in [-0.4, -0.2) is 55.9 Å². The Morgan fingerprint density at radius 3 is 2.47 bits per heavy atom. The summed E-state index contributed by atoms with van der Waals surface area (Å²) in [6, 6.07) is 15.3. The first-order chi connectivity index (χ1) is 15.7. The van der Waals surface area contributed by atoms with E-state index in [1.54, 1.807) is 13.2 Å². The van der Waals surface area contributed by atoms with Gasteiger partial charge in [0.25, 0.3) is 0 Å². The van der Waals surface area contributed by atoms with Crippen LogP contribution in [0, 0.1) is 11.7 Å². The first-order valence-electron chi connectivity index (χ1n) is 12.2. The number of anilines is 1. The van der Waals surface area contributed by atoms with Crippen LogP contribution in [0.15, 0.2) is 48.5 Å². The summed E-state index contributed by atoms with van der Waals surface area (Å²) >= 11 is 0. The summed E-state index contributed by atoms with van der Waals surface area (Å²) in [5.41, 5.74) is 1.88. The molecule has 174 valence electrons. The number of hydrogen-bond acceptors (Lipinski definition) is 4. The number of aliphatic hydroxyl groups is 1. The van der Waals surface area contributed by atoms with E-state index >= 15 is 0 Å². The zero-order chi connectivity index (χ0) is 22.3. The largest absolute Gasteiger partial charge is 0.497 e. The molecular weight excluding hydrogens is 403 g/mol. The maximum absolute atomic E-state index is 14.7. The first kappa shape index (κ1) is 23.1. The molecule has 2 aliphatic rings. The van der Waals surface area contributed by atoms with Crippen molar-refractivity contribution in [1.82, 2.24) is 4.90 Å². The quantitative estimate of drug-likeness (QED) is 0.622. The third kappa shape index (κ3) is 5.62. The molecule has 0 amide bonds. The molecule has 4 rings (SSSR count). The first-order valence-corrected chi connectivity index (χ1v) is 12.2. The van der Waals surface area contributed by atoms with Crippen LogP contribution >= 0.6 is 0 Å². The van der Waals surface area contributed by atoms with Gasteiger partial charge in [0.15, 0.2) is 0 Å². The average Bonchev–Trinajstić information content (AvgIpc) is 2.86. The number of methoxy groups -OCH3 is 1. The minimum absolute atomic E-state index is 0.143. The van der Waals surface area contributed by atoms with Crippen molar-refractivity contribution < 1.29 is 14.2 Å². The standard InChI is InChI=1S/C27H37FN2O2/c1-32-23-11-7-10-22(20-23)30-18-16-29(17-19-30)15-14-25(24-12-5-6-13-26(24)28)27(31)21-8-3-2-4-9-21/h5-7,10-13,20-21,25,27,31H,2-4,8-9,14-19H2,1H3/t25-,27-/m0/s1. The van der Waals surface area contributed by atoms with Gasteiger partial charge in [-0.15, -0.1) is 0 Å². The van der Waals surface area contributed by atoms with E-state index in [1.807, 2.05) is 24.3 Å². The van der Waals surface area contributed by atoms with Crippen LogP contribution in [0.4, 0.5) is 10.1 Å². The lowest BCUT2D eigenvalue weighted by atomic mass is 9.77. The Hall–Kier alpha value is -2.11. The van der Waals surface area contributed by atoms with E-state index in [9.17, 15) is 9.50 Å². The molecule has 1 heterocycles. The van der Waals surface area contributed by atoms with Crippen molar-refractivity contribution in [3.63, 3.8) is 0 Å². The van der Waals surface area contributed by atoms with Gasteiger partial charge in [-0.25, -0.2) is 4.39 Å². The van der Waals surface area contributed by atoms with E-state index in [2.05, 4.69) is 21.9 Å². The van der Waals surface area contributed by atoms with Gasteiger partial charge in [-0.1, -0.05) is 43.5 Å². The normalized spacial score (nSPS) is 20.2. The van der Waals surface area contributed by atoms with Gasteiger partial charge in [-0.3, -0.25) is 4.90 Å². The van der Waals surface area contributed by atoms with E-state index < -0.39 is 6.10 Å². The molecule has 2 aromatic rings. The molecule has 1 aliphatic carbocycles. The highest BCUT2D eigenvalue weighted by molar-refractivity contribution is 5.51. The number of nitrogens with zero attached hydrogens (tertiary/aromatic N) is 2. The van der Waals surface area contributed by atoms with Crippen molar-refractivity contribution in [2.45, 2.75) is 50.5 Å². The topological polar surface area (TPSA) is 35.9 Å². The third-order valence-corrected chi connectivity index (χ3v) is 7.40. The SMILES string of the molecule is COc1cccc(N2CCN(CC[C@@H](c3ccccc3F)[C@@H](O)C3CCCCC3)CC2)c1. The Balaban J connectivity index is 1.37. The molecule has 1 saturated carbocycles. The second-order valence-electron chi connectivity index (χ2n) is 9.34. The van der Waals surface area contributed by atoms with Crippen LogP contribution in [0.3, 0.4) is 0 Å². The van der Waals surface area contributed by atoms with Crippen LogP contribution < -0.4 is 9.64 Å². The molecule has 32 heavy (non-hydrogen) atoms. The Labute approximate surface area is 192 Å². The molecule has 2 atom stereocenters. The number of piperazine rings is 1. The highest BCUT2D eigenvalue weighted by Crippen LogP contribution is 2.36. The molecule has 0 spiro atoms. The molecule has 4 nitrogen and oxygen atoms in total. The van der Waals surface area contributed by atoms with Crippen molar-refractivity contribution in [3.05, 3.63) is 59.9 Å². The zero-order valence-corrected chi connectivity index (χ0v) is 19.3. The number of halogens is 1. The summed E-state index contributed by atoms with van der Waals surface area (Å²) in [6.07, 6.45) is 6.06. The Morgan fingerprint density at radius 1 is 1.00 bits per heavy atom. The van der Waals surface area contributed by atoms with Crippen molar-refractivity contribution in [2.24, 2.45) is 5.92 Å². The molecule has 2 fully saturated rings. The monoisotopic (exact) mass is 440 g/mol. The van der Waals surface area contributed by atoms with E-state index in [1.165, 1.54) is 31.0 Å². The molecule has 1 saturated heterocycles. The molecule has 0 unspecified atom stereocenters. The van der Waals surface area contributed by atoms with Crippen LogP contribution in [0.1, 0.15) is 50.0 Å². The van der Waals surface area contributed by atoms with Crippen molar-refractivity contribution in [2.75, 3.05) is 44.7 Å². The van der Waals surface area contributed by atoms with Crippen molar-refractivity contribution >= 4 is 5.69 Å². The maximum Gasteiger partial charge on any atom is 0.126 e.